The third-order valence-electron chi connectivity index (χ3n) is 1.47. The monoisotopic (exact) mass is 203 g/mol. The van der Waals surface area contributed by atoms with E-state index in [4.69, 9.17) is 5.11 Å². The Bertz CT molecular complexity index is 394. The van der Waals surface area contributed by atoms with Crippen LogP contribution in [0.2, 0.25) is 0 Å². The second kappa shape index (κ2) is 3.51. The molecule has 0 aromatic heterocycles. The molecule has 0 amide bonds. The van der Waals surface area contributed by atoms with Gasteiger partial charge in [-0.2, -0.15) is 18.2 Å². The van der Waals surface area contributed by atoms with Crippen LogP contribution < -0.4 is 0 Å². The Labute approximate surface area is 76.5 Å². The summed E-state index contributed by atoms with van der Waals surface area (Å²) in [6, 6.07) is 2.11. The highest BCUT2D eigenvalue weighted by Crippen LogP contribution is 2.35. The van der Waals surface area contributed by atoms with Gasteiger partial charge in [0.2, 0.25) is 6.08 Å². The first-order valence-corrected chi connectivity index (χ1v) is 3.43. The molecule has 0 heterocycles. The molecule has 0 aliphatic heterocycles. The molecular formula is C8H4F3NO2. The van der Waals surface area contributed by atoms with E-state index < -0.39 is 17.5 Å². The van der Waals surface area contributed by atoms with Gasteiger partial charge in [-0.3, -0.25) is 0 Å². The number of aromatic hydroxyl groups is 1. The summed E-state index contributed by atoms with van der Waals surface area (Å²) in [6.07, 6.45) is -3.41. The second-order valence-electron chi connectivity index (χ2n) is 2.40. The second-order valence-corrected chi connectivity index (χ2v) is 2.40. The van der Waals surface area contributed by atoms with Gasteiger partial charge in [0.25, 0.3) is 0 Å². The van der Waals surface area contributed by atoms with Crippen LogP contribution in [0.3, 0.4) is 0 Å². The van der Waals surface area contributed by atoms with Crippen LogP contribution in [0.1, 0.15) is 5.56 Å². The lowest BCUT2D eigenvalue weighted by molar-refractivity contribution is -0.137. The van der Waals surface area contributed by atoms with Gasteiger partial charge in [-0.25, -0.2) is 4.79 Å². The molecule has 0 aliphatic rings. The van der Waals surface area contributed by atoms with Crippen LogP contribution in [0, 0.1) is 0 Å². The minimum absolute atomic E-state index is 0.243. The molecule has 0 spiro atoms. The van der Waals surface area contributed by atoms with Gasteiger partial charge in [0.05, 0.1) is 5.56 Å². The van der Waals surface area contributed by atoms with Gasteiger partial charge in [0.1, 0.15) is 11.4 Å². The number of halogens is 3. The molecule has 1 N–H and O–H groups in total. The SMILES string of the molecule is O=C=Nc1ccc(C(F)(F)F)cc1O. The molecule has 0 bridgehead atoms. The number of isocyanates is 1. The molecule has 1 aromatic rings. The average molecular weight is 203 g/mol. The van der Waals surface area contributed by atoms with Gasteiger partial charge in [-0.1, -0.05) is 0 Å². The molecule has 0 unspecified atom stereocenters. The number of hydrogen-bond donors (Lipinski definition) is 1. The Balaban J connectivity index is 3.19. The fourth-order valence-corrected chi connectivity index (χ4v) is 0.843. The summed E-state index contributed by atoms with van der Waals surface area (Å²) >= 11 is 0. The number of benzene rings is 1. The lowest BCUT2D eigenvalue weighted by Crippen LogP contribution is -2.03. The normalized spacial score (nSPS) is 10.8. The van der Waals surface area contributed by atoms with Gasteiger partial charge in [0.15, 0.2) is 0 Å². The number of nitrogens with zero attached hydrogens (tertiary/aromatic N) is 1. The first-order valence-electron chi connectivity index (χ1n) is 3.43. The number of phenolic OH excluding ortho intramolecular Hbond substituents is 1. The molecule has 14 heavy (non-hydrogen) atoms. The Hall–Kier alpha value is -1.81. The number of aliphatic imine (C=N–C) groups is 1. The molecule has 6 heteroatoms. The van der Waals surface area contributed by atoms with E-state index in [1.807, 2.05) is 0 Å². The van der Waals surface area contributed by atoms with Crippen molar-refractivity contribution < 1.29 is 23.1 Å². The van der Waals surface area contributed by atoms with E-state index >= 15 is 0 Å². The van der Waals surface area contributed by atoms with Crippen molar-refractivity contribution in [3.05, 3.63) is 23.8 Å². The Morgan fingerprint density at radius 3 is 2.43 bits per heavy atom. The molecular weight excluding hydrogens is 199 g/mol. The minimum atomic E-state index is -4.53. The molecule has 0 aliphatic carbocycles. The van der Waals surface area contributed by atoms with Crippen molar-refractivity contribution >= 4 is 11.8 Å². The Morgan fingerprint density at radius 1 is 1.36 bits per heavy atom. The number of hydrogen-bond acceptors (Lipinski definition) is 3. The van der Waals surface area contributed by atoms with Crippen LogP contribution >= 0.6 is 0 Å². The summed E-state index contributed by atoms with van der Waals surface area (Å²) in [5, 5.41) is 9.01. The van der Waals surface area contributed by atoms with Gasteiger partial charge in [-0.05, 0) is 18.2 Å². The topological polar surface area (TPSA) is 49.7 Å². The summed E-state index contributed by atoms with van der Waals surface area (Å²) in [5.74, 6) is -0.705. The van der Waals surface area contributed by atoms with Crippen LogP contribution in [-0.2, 0) is 11.0 Å². The van der Waals surface area contributed by atoms with Crippen LogP contribution in [0.5, 0.6) is 5.75 Å². The largest absolute Gasteiger partial charge is 0.506 e. The van der Waals surface area contributed by atoms with E-state index in [2.05, 4.69) is 4.99 Å². The van der Waals surface area contributed by atoms with Crippen molar-refractivity contribution in [3.8, 4) is 5.75 Å². The fraction of sp³-hybridized carbons (Fsp3) is 0.125. The lowest BCUT2D eigenvalue weighted by atomic mass is 10.2. The van der Waals surface area contributed by atoms with Crippen molar-refractivity contribution in [2.45, 2.75) is 6.18 Å². The summed E-state index contributed by atoms with van der Waals surface area (Å²) in [4.78, 5) is 12.8. The zero-order valence-electron chi connectivity index (χ0n) is 6.67. The standard InChI is InChI=1S/C8H4F3NO2/c9-8(10,11)5-1-2-6(12-4-13)7(14)3-5/h1-3,14H. The predicted octanol–water partition coefficient (Wildman–Crippen LogP) is 2.38. The third kappa shape index (κ3) is 2.11. The number of phenols is 1. The van der Waals surface area contributed by atoms with Crippen LogP contribution in [0.15, 0.2) is 23.2 Å². The maximum Gasteiger partial charge on any atom is 0.416 e. The first kappa shape index (κ1) is 10.3. The highest BCUT2D eigenvalue weighted by Gasteiger charge is 2.31. The van der Waals surface area contributed by atoms with Crippen molar-refractivity contribution in [2.75, 3.05) is 0 Å². The highest BCUT2D eigenvalue weighted by atomic mass is 19.4. The minimum Gasteiger partial charge on any atom is -0.506 e. The Kier molecular flexibility index (Phi) is 2.58. The zero-order chi connectivity index (χ0) is 10.8. The predicted molar refractivity (Wildman–Crippen MR) is 40.9 cm³/mol. The summed E-state index contributed by atoms with van der Waals surface area (Å²) in [5.41, 5.74) is -1.24. The number of alkyl halides is 3. The highest BCUT2D eigenvalue weighted by molar-refractivity contribution is 5.58. The van der Waals surface area contributed by atoms with Crippen LogP contribution in [-0.4, -0.2) is 11.2 Å². The van der Waals surface area contributed by atoms with Gasteiger partial charge >= 0.3 is 6.18 Å². The van der Waals surface area contributed by atoms with E-state index in [9.17, 15) is 18.0 Å². The molecule has 0 radical (unpaired) electrons. The molecule has 0 saturated carbocycles. The van der Waals surface area contributed by atoms with E-state index in [0.29, 0.717) is 6.07 Å². The van der Waals surface area contributed by atoms with E-state index in [1.165, 1.54) is 0 Å². The maximum atomic E-state index is 12.1. The summed E-state index contributed by atoms with van der Waals surface area (Å²) < 4.78 is 36.2. The van der Waals surface area contributed by atoms with E-state index in [0.717, 1.165) is 18.2 Å². The number of carbonyl (C=O) groups excluding carboxylic acids is 1. The molecule has 0 atom stereocenters. The fourth-order valence-electron chi connectivity index (χ4n) is 0.843. The average Bonchev–Trinajstić information content (AvgIpc) is 2.07. The first-order chi connectivity index (χ1) is 6.45. The lowest BCUT2D eigenvalue weighted by Gasteiger charge is -2.06. The quantitative estimate of drug-likeness (QED) is 0.562. The van der Waals surface area contributed by atoms with Crippen molar-refractivity contribution in [3.63, 3.8) is 0 Å². The number of rotatable bonds is 1. The zero-order valence-corrected chi connectivity index (χ0v) is 6.67. The van der Waals surface area contributed by atoms with E-state index in [1.54, 1.807) is 0 Å². The molecule has 1 rings (SSSR count). The van der Waals surface area contributed by atoms with Gasteiger partial charge in [0, 0.05) is 0 Å². The molecule has 3 nitrogen and oxygen atoms in total. The molecule has 74 valence electrons. The maximum absolute atomic E-state index is 12.1. The molecule has 0 saturated heterocycles. The molecule has 1 aromatic carbocycles. The van der Waals surface area contributed by atoms with Gasteiger partial charge in [-0.15, -0.1) is 0 Å². The molecule has 0 fully saturated rings. The van der Waals surface area contributed by atoms with Crippen molar-refractivity contribution in [2.24, 2.45) is 4.99 Å². The smallest absolute Gasteiger partial charge is 0.416 e. The van der Waals surface area contributed by atoms with Crippen molar-refractivity contribution in [1.82, 2.24) is 0 Å². The van der Waals surface area contributed by atoms with Gasteiger partial charge < -0.3 is 5.11 Å². The summed E-state index contributed by atoms with van der Waals surface area (Å²) in [7, 11) is 0. The van der Waals surface area contributed by atoms with Crippen LogP contribution in [0.4, 0.5) is 18.9 Å². The van der Waals surface area contributed by atoms with E-state index in [-0.39, 0.29) is 5.69 Å². The third-order valence-corrected chi connectivity index (χ3v) is 1.47. The van der Waals surface area contributed by atoms with Crippen molar-refractivity contribution in [1.29, 1.82) is 0 Å². The Morgan fingerprint density at radius 2 is 2.00 bits per heavy atom. The summed E-state index contributed by atoms with van der Waals surface area (Å²) in [6.45, 7) is 0. The van der Waals surface area contributed by atoms with Crippen LogP contribution in [0.25, 0.3) is 0 Å².